The minimum absolute atomic E-state index is 0.270. The molecular weight excluding hydrogens is 197 g/mol. The molecule has 0 saturated heterocycles. The maximum absolute atomic E-state index is 13.0. The molecule has 0 aliphatic heterocycles. The Kier molecular flexibility index (Phi) is 4.80. The molecule has 0 heterocycles. The lowest BCUT2D eigenvalue weighted by Crippen LogP contribution is -2.01. The molecule has 0 radical (unpaired) electrons. The summed E-state index contributed by atoms with van der Waals surface area (Å²) in [7, 11) is 0. The predicted octanol–water partition coefficient (Wildman–Crippen LogP) is 3.72. The summed E-state index contributed by atoms with van der Waals surface area (Å²) in [6.07, 6.45) is 3.53. The van der Waals surface area contributed by atoms with Crippen LogP contribution in [0.5, 0.6) is 0 Å². The minimum Gasteiger partial charge on any atom is -0.385 e. The van der Waals surface area contributed by atoms with Gasteiger partial charge in [0.15, 0.2) is 0 Å². The molecule has 1 aromatic carbocycles. The fourth-order valence-corrected chi connectivity index (χ4v) is 1.36. The summed E-state index contributed by atoms with van der Waals surface area (Å²) in [5.41, 5.74) is 0.830. The van der Waals surface area contributed by atoms with Gasteiger partial charge in [-0.1, -0.05) is 19.8 Å². The number of unbranched alkanes of at least 4 members (excludes halogenated alkanes) is 2. The molecule has 0 amide bonds. The average Bonchev–Trinajstić information content (AvgIpc) is 2.18. The first-order valence-corrected chi connectivity index (χ1v) is 5.41. The van der Waals surface area contributed by atoms with Crippen molar-refractivity contribution < 1.29 is 4.39 Å². The summed E-state index contributed by atoms with van der Waals surface area (Å²) >= 11 is 3.97. The molecule has 1 aromatic rings. The summed E-state index contributed by atoms with van der Waals surface area (Å²) in [5, 5.41) is 3.17. The Labute approximate surface area is 90.1 Å². The van der Waals surface area contributed by atoms with Crippen LogP contribution in [0.4, 0.5) is 10.1 Å². The number of thiol groups is 1. The second kappa shape index (κ2) is 5.91. The van der Waals surface area contributed by atoms with Gasteiger partial charge in [0.05, 0.1) is 0 Å². The third kappa shape index (κ3) is 3.58. The van der Waals surface area contributed by atoms with Crippen molar-refractivity contribution in [3.63, 3.8) is 0 Å². The first-order chi connectivity index (χ1) is 6.74. The molecule has 0 unspecified atom stereocenters. The van der Waals surface area contributed by atoms with Crippen molar-refractivity contribution in [2.24, 2.45) is 0 Å². The lowest BCUT2D eigenvalue weighted by Gasteiger charge is -2.06. The van der Waals surface area contributed by atoms with Crippen LogP contribution in [0.3, 0.4) is 0 Å². The van der Waals surface area contributed by atoms with Crippen LogP contribution in [0.2, 0.25) is 0 Å². The highest BCUT2D eigenvalue weighted by molar-refractivity contribution is 7.80. The Balaban J connectivity index is 2.39. The van der Waals surface area contributed by atoms with Crippen LogP contribution in [0.25, 0.3) is 0 Å². The summed E-state index contributed by atoms with van der Waals surface area (Å²) < 4.78 is 13.0. The fourth-order valence-electron chi connectivity index (χ4n) is 1.22. The Hall–Kier alpha value is -0.700. The molecule has 0 fully saturated rings. The lowest BCUT2D eigenvalue weighted by atomic mass is 10.2. The quantitative estimate of drug-likeness (QED) is 0.561. The molecule has 0 saturated carbocycles. The van der Waals surface area contributed by atoms with Crippen molar-refractivity contribution in [2.45, 2.75) is 31.1 Å². The van der Waals surface area contributed by atoms with Crippen molar-refractivity contribution in [2.75, 3.05) is 11.9 Å². The molecule has 1 rings (SSSR count). The number of halogens is 1. The van der Waals surface area contributed by atoms with Gasteiger partial charge in [-0.15, -0.1) is 12.6 Å². The molecule has 3 heteroatoms. The molecule has 1 N–H and O–H groups in total. The second-order valence-corrected chi connectivity index (χ2v) is 3.78. The number of hydrogen-bond acceptors (Lipinski definition) is 2. The van der Waals surface area contributed by atoms with E-state index in [4.69, 9.17) is 0 Å². The van der Waals surface area contributed by atoms with E-state index in [1.807, 2.05) is 6.07 Å². The van der Waals surface area contributed by atoms with E-state index in [1.165, 1.54) is 18.9 Å². The van der Waals surface area contributed by atoms with Gasteiger partial charge in [0, 0.05) is 17.1 Å². The molecule has 0 aliphatic rings. The number of rotatable bonds is 5. The molecule has 78 valence electrons. The summed E-state index contributed by atoms with van der Waals surface area (Å²) in [6.45, 7) is 3.06. The molecule has 1 nitrogen and oxygen atoms in total. The molecule has 0 spiro atoms. The molecule has 0 aliphatic carbocycles. The van der Waals surface area contributed by atoms with E-state index >= 15 is 0 Å². The number of hydrogen-bond donors (Lipinski definition) is 2. The van der Waals surface area contributed by atoms with E-state index in [2.05, 4.69) is 24.9 Å². The van der Waals surface area contributed by atoms with Crippen molar-refractivity contribution >= 4 is 18.3 Å². The lowest BCUT2D eigenvalue weighted by molar-refractivity contribution is 0.603. The zero-order valence-corrected chi connectivity index (χ0v) is 9.28. The smallest absolute Gasteiger partial charge is 0.138 e. The number of anilines is 1. The highest BCUT2D eigenvalue weighted by atomic mass is 32.1. The highest BCUT2D eigenvalue weighted by Crippen LogP contribution is 2.17. The Morgan fingerprint density at radius 3 is 2.79 bits per heavy atom. The predicted molar refractivity (Wildman–Crippen MR) is 61.7 cm³/mol. The standard InChI is InChI=1S/C11H16FNS/c1-2-3-4-7-13-9-5-6-11(14)10(12)8-9/h5-6,8,13-14H,2-4,7H2,1H3. The SMILES string of the molecule is CCCCCNc1ccc(S)c(F)c1. The Bertz CT molecular complexity index is 289. The average molecular weight is 213 g/mol. The number of nitrogens with one attached hydrogen (secondary N) is 1. The second-order valence-electron chi connectivity index (χ2n) is 3.30. The molecule has 0 aromatic heterocycles. The van der Waals surface area contributed by atoms with Crippen molar-refractivity contribution in [1.29, 1.82) is 0 Å². The van der Waals surface area contributed by atoms with Gasteiger partial charge in [0.2, 0.25) is 0 Å². The van der Waals surface area contributed by atoms with E-state index in [1.54, 1.807) is 6.07 Å². The van der Waals surface area contributed by atoms with Gasteiger partial charge in [-0.05, 0) is 24.6 Å². The highest BCUT2D eigenvalue weighted by Gasteiger charge is 1.98. The zero-order valence-electron chi connectivity index (χ0n) is 8.39. The van der Waals surface area contributed by atoms with Gasteiger partial charge < -0.3 is 5.32 Å². The zero-order chi connectivity index (χ0) is 10.4. The van der Waals surface area contributed by atoms with Crippen LogP contribution >= 0.6 is 12.6 Å². The van der Waals surface area contributed by atoms with E-state index in [0.29, 0.717) is 4.90 Å². The van der Waals surface area contributed by atoms with Crippen LogP contribution in [0.15, 0.2) is 23.1 Å². The van der Waals surface area contributed by atoms with E-state index in [0.717, 1.165) is 18.7 Å². The van der Waals surface area contributed by atoms with Crippen molar-refractivity contribution in [3.8, 4) is 0 Å². The van der Waals surface area contributed by atoms with Gasteiger partial charge in [0.1, 0.15) is 5.82 Å². The largest absolute Gasteiger partial charge is 0.385 e. The first-order valence-electron chi connectivity index (χ1n) is 4.96. The fraction of sp³-hybridized carbons (Fsp3) is 0.455. The molecule has 14 heavy (non-hydrogen) atoms. The van der Waals surface area contributed by atoms with E-state index < -0.39 is 0 Å². The van der Waals surface area contributed by atoms with E-state index in [-0.39, 0.29) is 5.82 Å². The molecular formula is C11H16FNS. The first kappa shape index (κ1) is 11.4. The van der Waals surface area contributed by atoms with Gasteiger partial charge in [-0.2, -0.15) is 0 Å². The van der Waals surface area contributed by atoms with Crippen LogP contribution in [0, 0.1) is 5.82 Å². The summed E-state index contributed by atoms with van der Waals surface area (Å²) in [5.74, 6) is -0.270. The number of benzene rings is 1. The Morgan fingerprint density at radius 2 is 2.14 bits per heavy atom. The molecule has 0 atom stereocenters. The van der Waals surface area contributed by atoms with Gasteiger partial charge in [-0.25, -0.2) is 4.39 Å². The minimum atomic E-state index is -0.270. The topological polar surface area (TPSA) is 12.0 Å². The van der Waals surface area contributed by atoms with Gasteiger partial charge in [0.25, 0.3) is 0 Å². The van der Waals surface area contributed by atoms with Crippen LogP contribution < -0.4 is 5.32 Å². The maximum atomic E-state index is 13.0. The molecule has 0 bridgehead atoms. The van der Waals surface area contributed by atoms with Crippen LogP contribution in [-0.2, 0) is 0 Å². The van der Waals surface area contributed by atoms with Crippen LogP contribution in [0.1, 0.15) is 26.2 Å². The van der Waals surface area contributed by atoms with Crippen molar-refractivity contribution in [3.05, 3.63) is 24.0 Å². The van der Waals surface area contributed by atoms with Gasteiger partial charge >= 0.3 is 0 Å². The summed E-state index contributed by atoms with van der Waals surface area (Å²) in [6, 6.07) is 4.99. The maximum Gasteiger partial charge on any atom is 0.138 e. The Morgan fingerprint density at radius 1 is 1.36 bits per heavy atom. The summed E-state index contributed by atoms with van der Waals surface area (Å²) in [4.78, 5) is 0.393. The van der Waals surface area contributed by atoms with Crippen LogP contribution in [-0.4, -0.2) is 6.54 Å². The third-order valence-corrected chi connectivity index (χ3v) is 2.42. The van der Waals surface area contributed by atoms with E-state index in [9.17, 15) is 4.39 Å². The monoisotopic (exact) mass is 213 g/mol. The third-order valence-electron chi connectivity index (χ3n) is 2.06. The van der Waals surface area contributed by atoms with Gasteiger partial charge in [-0.3, -0.25) is 0 Å². The van der Waals surface area contributed by atoms with Crippen molar-refractivity contribution in [1.82, 2.24) is 0 Å². The normalized spacial score (nSPS) is 10.2.